The SMILES string of the molecule is Cc1ccc(NS(=O)(=O)c2cc(Cl)cc(N)c2C)cc1F. The minimum Gasteiger partial charge on any atom is -0.398 e. The third-order valence-electron chi connectivity index (χ3n) is 3.08. The fraction of sp³-hybridized carbons (Fsp3) is 0.143. The van der Waals surface area contributed by atoms with Gasteiger partial charge in [0.1, 0.15) is 5.82 Å². The van der Waals surface area contributed by atoms with E-state index in [9.17, 15) is 12.8 Å². The molecule has 21 heavy (non-hydrogen) atoms. The second kappa shape index (κ2) is 5.54. The molecular formula is C14H14ClFN2O2S. The van der Waals surface area contributed by atoms with Crippen molar-refractivity contribution >= 4 is 33.0 Å². The molecule has 0 aromatic heterocycles. The zero-order chi connectivity index (χ0) is 15.8. The first-order chi connectivity index (χ1) is 9.70. The lowest BCUT2D eigenvalue weighted by molar-refractivity contribution is 0.600. The number of hydrogen-bond acceptors (Lipinski definition) is 3. The molecule has 0 aliphatic rings. The average Bonchev–Trinajstić information content (AvgIpc) is 2.37. The van der Waals surface area contributed by atoms with Gasteiger partial charge in [0.05, 0.1) is 10.6 Å². The zero-order valence-electron chi connectivity index (χ0n) is 11.4. The van der Waals surface area contributed by atoms with E-state index in [1.807, 2.05) is 0 Å². The monoisotopic (exact) mass is 328 g/mol. The molecule has 0 amide bonds. The van der Waals surface area contributed by atoms with E-state index in [0.717, 1.165) is 6.07 Å². The summed E-state index contributed by atoms with van der Waals surface area (Å²) < 4.78 is 40.6. The highest BCUT2D eigenvalue weighted by molar-refractivity contribution is 7.92. The van der Waals surface area contributed by atoms with E-state index in [1.54, 1.807) is 13.8 Å². The lowest BCUT2D eigenvalue weighted by Gasteiger charge is -2.13. The lowest BCUT2D eigenvalue weighted by Crippen LogP contribution is -2.15. The molecule has 0 bridgehead atoms. The number of nitrogen functional groups attached to an aromatic ring is 1. The summed E-state index contributed by atoms with van der Waals surface area (Å²) in [4.78, 5) is -0.0338. The topological polar surface area (TPSA) is 72.2 Å². The normalized spacial score (nSPS) is 11.4. The van der Waals surface area contributed by atoms with Gasteiger partial charge >= 0.3 is 0 Å². The summed E-state index contributed by atoms with van der Waals surface area (Å²) in [6, 6.07) is 6.88. The number of aryl methyl sites for hydroxylation is 1. The van der Waals surface area contributed by atoms with Crippen LogP contribution < -0.4 is 10.5 Å². The Balaban J connectivity index is 2.45. The molecule has 4 nitrogen and oxygen atoms in total. The molecule has 0 saturated carbocycles. The first-order valence-corrected chi connectivity index (χ1v) is 7.91. The Morgan fingerprint density at radius 2 is 1.86 bits per heavy atom. The number of halogens is 2. The molecule has 0 saturated heterocycles. The second-order valence-electron chi connectivity index (χ2n) is 4.69. The van der Waals surface area contributed by atoms with Crippen LogP contribution in [0.25, 0.3) is 0 Å². The fourth-order valence-electron chi connectivity index (χ4n) is 1.82. The van der Waals surface area contributed by atoms with Crippen LogP contribution in [0.1, 0.15) is 11.1 Å². The summed E-state index contributed by atoms with van der Waals surface area (Å²) in [5, 5.41) is 0.216. The molecule has 0 spiro atoms. The van der Waals surface area contributed by atoms with E-state index in [1.165, 1.54) is 24.3 Å². The second-order valence-corrected chi connectivity index (χ2v) is 6.77. The fourth-order valence-corrected chi connectivity index (χ4v) is 3.46. The maximum atomic E-state index is 13.5. The molecule has 0 aliphatic carbocycles. The van der Waals surface area contributed by atoms with Gasteiger partial charge in [-0.3, -0.25) is 4.72 Å². The van der Waals surface area contributed by atoms with Crippen LogP contribution in [0.4, 0.5) is 15.8 Å². The van der Waals surface area contributed by atoms with Crippen LogP contribution in [0.5, 0.6) is 0 Å². The summed E-state index contributed by atoms with van der Waals surface area (Å²) >= 11 is 5.84. The van der Waals surface area contributed by atoms with Crippen LogP contribution in [0.3, 0.4) is 0 Å². The molecule has 2 rings (SSSR count). The first-order valence-electron chi connectivity index (χ1n) is 6.05. The Labute approximate surface area is 127 Å². The zero-order valence-corrected chi connectivity index (χ0v) is 13.0. The molecule has 0 aliphatic heterocycles. The van der Waals surface area contributed by atoms with Gasteiger partial charge in [0.15, 0.2) is 0 Å². The van der Waals surface area contributed by atoms with Crippen molar-refractivity contribution in [3.63, 3.8) is 0 Å². The maximum Gasteiger partial charge on any atom is 0.262 e. The van der Waals surface area contributed by atoms with Crippen LogP contribution in [-0.4, -0.2) is 8.42 Å². The average molecular weight is 329 g/mol. The van der Waals surface area contributed by atoms with Crippen molar-refractivity contribution in [3.05, 3.63) is 52.3 Å². The standard InChI is InChI=1S/C14H14ClFN2O2S/c1-8-3-4-11(7-12(8)16)18-21(19,20)14-6-10(15)5-13(17)9(14)2/h3-7,18H,17H2,1-2H3. The van der Waals surface area contributed by atoms with Crippen LogP contribution in [0, 0.1) is 19.7 Å². The summed E-state index contributed by atoms with van der Waals surface area (Å²) in [6.45, 7) is 3.17. The minimum absolute atomic E-state index is 0.0338. The van der Waals surface area contributed by atoms with Gasteiger partial charge in [-0.25, -0.2) is 12.8 Å². The van der Waals surface area contributed by atoms with Gasteiger partial charge in [-0.15, -0.1) is 0 Å². The number of anilines is 2. The van der Waals surface area contributed by atoms with E-state index >= 15 is 0 Å². The highest BCUT2D eigenvalue weighted by atomic mass is 35.5. The van der Waals surface area contributed by atoms with E-state index in [-0.39, 0.29) is 21.3 Å². The van der Waals surface area contributed by atoms with Crippen molar-refractivity contribution in [1.29, 1.82) is 0 Å². The van der Waals surface area contributed by atoms with Crippen LogP contribution in [0.2, 0.25) is 5.02 Å². The van der Waals surface area contributed by atoms with E-state index in [4.69, 9.17) is 17.3 Å². The molecule has 2 aromatic rings. The first kappa shape index (κ1) is 15.6. The molecule has 0 unspecified atom stereocenters. The van der Waals surface area contributed by atoms with E-state index in [2.05, 4.69) is 4.72 Å². The Morgan fingerprint density at radius 1 is 1.19 bits per heavy atom. The summed E-state index contributed by atoms with van der Waals surface area (Å²) in [6.07, 6.45) is 0. The molecular weight excluding hydrogens is 315 g/mol. The molecule has 3 N–H and O–H groups in total. The third kappa shape index (κ3) is 3.28. The Bertz CT molecular complexity index is 807. The van der Waals surface area contributed by atoms with Gasteiger partial charge in [-0.1, -0.05) is 17.7 Å². The van der Waals surface area contributed by atoms with Gasteiger partial charge in [-0.2, -0.15) is 0 Å². The number of hydrogen-bond donors (Lipinski definition) is 2. The number of sulfonamides is 1. The van der Waals surface area contributed by atoms with Crippen molar-refractivity contribution in [2.24, 2.45) is 0 Å². The lowest BCUT2D eigenvalue weighted by atomic mass is 10.2. The third-order valence-corrected chi connectivity index (χ3v) is 4.80. The Morgan fingerprint density at radius 3 is 2.48 bits per heavy atom. The van der Waals surface area contributed by atoms with Crippen molar-refractivity contribution < 1.29 is 12.8 Å². The number of nitrogens with two attached hydrogens (primary N) is 1. The van der Waals surface area contributed by atoms with Gasteiger partial charge in [0.2, 0.25) is 0 Å². The van der Waals surface area contributed by atoms with Crippen LogP contribution >= 0.6 is 11.6 Å². The van der Waals surface area contributed by atoms with E-state index in [0.29, 0.717) is 11.1 Å². The molecule has 0 atom stereocenters. The number of rotatable bonds is 3. The van der Waals surface area contributed by atoms with Crippen molar-refractivity contribution in [3.8, 4) is 0 Å². The molecule has 0 heterocycles. The molecule has 0 radical (unpaired) electrons. The molecule has 2 aromatic carbocycles. The predicted octanol–water partition coefficient (Wildman–Crippen LogP) is 3.48. The molecule has 7 heteroatoms. The Kier molecular flexibility index (Phi) is 4.11. The number of nitrogens with one attached hydrogen (secondary N) is 1. The smallest absolute Gasteiger partial charge is 0.262 e. The van der Waals surface area contributed by atoms with Crippen LogP contribution in [-0.2, 0) is 10.0 Å². The number of benzene rings is 2. The van der Waals surface area contributed by atoms with Gasteiger partial charge in [-0.05, 0) is 49.2 Å². The molecule has 112 valence electrons. The highest BCUT2D eigenvalue weighted by Gasteiger charge is 2.19. The highest BCUT2D eigenvalue weighted by Crippen LogP contribution is 2.27. The van der Waals surface area contributed by atoms with Crippen molar-refractivity contribution in [2.45, 2.75) is 18.7 Å². The van der Waals surface area contributed by atoms with Gasteiger partial charge < -0.3 is 5.73 Å². The van der Waals surface area contributed by atoms with Crippen molar-refractivity contribution in [2.75, 3.05) is 10.5 Å². The predicted molar refractivity (Wildman–Crippen MR) is 82.5 cm³/mol. The van der Waals surface area contributed by atoms with Gasteiger partial charge in [0.25, 0.3) is 10.0 Å². The van der Waals surface area contributed by atoms with Gasteiger partial charge in [0, 0.05) is 10.7 Å². The molecule has 0 fully saturated rings. The minimum atomic E-state index is -3.90. The summed E-state index contributed by atoms with van der Waals surface area (Å²) in [7, 11) is -3.90. The summed E-state index contributed by atoms with van der Waals surface area (Å²) in [5.41, 5.74) is 6.95. The largest absolute Gasteiger partial charge is 0.398 e. The quantitative estimate of drug-likeness (QED) is 0.847. The summed E-state index contributed by atoms with van der Waals surface area (Å²) in [5.74, 6) is -0.488. The maximum absolute atomic E-state index is 13.5. The van der Waals surface area contributed by atoms with Crippen molar-refractivity contribution in [1.82, 2.24) is 0 Å². The van der Waals surface area contributed by atoms with Crippen LogP contribution in [0.15, 0.2) is 35.2 Å². The van der Waals surface area contributed by atoms with E-state index < -0.39 is 15.8 Å². The Hall–Kier alpha value is -1.79.